The summed E-state index contributed by atoms with van der Waals surface area (Å²) >= 11 is 0. The number of phenolic OH excluding ortho intramolecular Hbond substituents is 1. The van der Waals surface area contributed by atoms with Crippen LogP contribution >= 0.6 is 0 Å². The molecule has 0 saturated heterocycles. The van der Waals surface area contributed by atoms with Gasteiger partial charge in [0.05, 0.1) is 28.2 Å². The summed E-state index contributed by atoms with van der Waals surface area (Å²) in [6, 6.07) is 12.3. The SMILES string of the molecule is Cc1cc(O)c2c(NNc3ccc(Nc4nc(NCCS(=O)(=O)O)nc([N+](=O)[O-])n4)cc3C)c(N)ccc2c1. The molecule has 0 aliphatic heterocycles. The monoisotopic (exact) mass is 555 g/mol. The van der Waals surface area contributed by atoms with Gasteiger partial charge < -0.3 is 37.0 Å². The molecule has 1 heterocycles. The molecule has 15 nitrogen and oxygen atoms in total. The number of hydrazine groups is 1. The zero-order valence-electron chi connectivity index (χ0n) is 20.8. The third-order valence-corrected chi connectivity index (χ3v) is 6.23. The number of benzene rings is 3. The number of hydrogen-bond donors (Lipinski definition) is 7. The number of anilines is 6. The van der Waals surface area contributed by atoms with E-state index in [0.29, 0.717) is 28.1 Å². The Balaban J connectivity index is 1.52. The van der Waals surface area contributed by atoms with Gasteiger partial charge in [-0.15, -0.1) is 4.98 Å². The van der Waals surface area contributed by atoms with E-state index in [9.17, 15) is 23.6 Å². The third-order valence-electron chi connectivity index (χ3n) is 5.51. The summed E-state index contributed by atoms with van der Waals surface area (Å²) in [7, 11) is -4.24. The lowest BCUT2D eigenvalue weighted by atomic mass is 10.0. The third kappa shape index (κ3) is 6.68. The van der Waals surface area contributed by atoms with E-state index in [0.717, 1.165) is 16.5 Å². The van der Waals surface area contributed by atoms with Gasteiger partial charge in [-0.1, -0.05) is 12.1 Å². The van der Waals surface area contributed by atoms with Gasteiger partial charge in [-0.25, -0.2) is 0 Å². The number of nitrogens with two attached hydrogens (primary N) is 1. The molecule has 0 fully saturated rings. The topological polar surface area (TPSA) is 231 Å². The molecule has 39 heavy (non-hydrogen) atoms. The lowest BCUT2D eigenvalue weighted by Crippen LogP contribution is -2.17. The number of nitrogens with one attached hydrogen (secondary N) is 4. The van der Waals surface area contributed by atoms with Gasteiger partial charge in [0.2, 0.25) is 0 Å². The number of aryl methyl sites for hydroxylation is 2. The van der Waals surface area contributed by atoms with Crippen LogP contribution in [0.1, 0.15) is 11.1 Å². The Morgan fingerprint density at radius 3 is 2.46 bits per heavy atom. The zero-order valence-corrected chi connectivity index (χ0v) is 21.6. The molecule has 0 spiro atoms. The molecule has 4 rings (SSSR count). The van der Waals surface area contributed by atoms with Gasteiger partial charge in [-0.3, -0.25) is 9.98 Å². The predicted molar refractivity (Wildman–Crippen MR) is 148 cm³/mol. The first-order valence-electron chi connectivity index (χ1n) is 11.4. The Labute approximate surface area is 222 Å². The van der Waals surface area contributed by atoms with E-state index in [1.165, 1.54) is 0 Å². The average molecular weight is 556 g/mol. The average Bonchev–Trinajstić information content (AvgIpc) is 2.83. The highest BCUT2D eigenvalue weighted by Crippen LogP contribution is 2.37. The molecule has 0 aliphatic carbocycles. The van der Waals surface area contributed by atoms with E-state index in [2.05, 4.69) is 36.4 Å². The lowest BCUT2D eigenvalue weighted by Gasteiger charge is -2.17. The number of aromatic nitrogens is 3. The van der Waals surface area contributed by atoms with Crippen molar-refractivity contribution in [3.8, 4) is 5.75 Å². The maximum absolute atomic E-state index is 11.2. The number of hydrogen-bond acceptors (Lipinski definition) is 13. The molecule has 16 heteroatoms. The fraction of sp³-hybridized carbons (Fsp3) is 0.174. The summed E-state index contributed by atoms with van der Waals surface area (Å²) < 4.78 is 30.7. The molecule has 204 valence electrons. The van der Waals surface area contributed by atoms with Crippen molar-refractivity contribution in [2.45, 2.75) is 13.8 Å². The highest BCUT2D eigenvalue weighted by molar-refractivity contribution is 7.85. The second kappa shape index (κ2) is 10.8. The highest BCUT2D eigenvalue weighted by atomic mass is 32.2. The van der Waals surface area contributed by atoms with Crippen LogP contribution in [0.25, 0.3) is 10.8 Å². The van der Waals surface area contributed by atoms with Crippen molar-refractivity contribution < 1.29 is 23.0 Å². The molecule has 0 amide bonds. The molecule has 1 aromatic heterocycles. The van der Waals surface area contributed by atoms with Gasteiger partial charge >= 0.3 is 17.8 Å². The molecular formula is C23H25N9O6S. The first-order valence-corrected chi connectivity index (χ1v) is 13.0. The molecule has 0 aliphatic rings. The molecule has 0 unspecified atom stereocenters. The smallest absolute Gasteiger partial charge is 0.475 e. The first kappa shape index (κ1) is 27.1. The Bertz CT molecular complexity index is 1680. The fourth-order valence-corrected chi connectivity index (χ4v) is 4.11. The van der Waals surface area contributed by atoms with Gasteiger partial charge in [0.1, 0.15) is 5.75 Å². The standard InChI is InChI=1S/C23H25N9O6S/c1-12-9-14-3-5-16(24)20(19(14)18(33)10-12)31-30-17-6-4-15(11-13(17)2)26-22-27-21(25-7-8-39(36,37)38)28-23(29-22)32(34)35/h3-6,9-11,30-31,33H,7-8,24H2,1-2H3,(H,36,37,38)(H2,25,26,27,28,29). The van der Waals surface area contributed by atoms with Crippen LogP contribution in [0.15, 0.2) is 42.5 Å². The van der Waals surface area contributed by atoms with Crippen molar-refractivity contribution >= 4 is 61.5 Å². The Morgan fingerprint density at radius 2 is 1.77 bits per heavy atom. The highest BCUT2D eigenvalue weighted by Gasteiger charge is 2.19. The zero-order chi connectivity index (χ0) is 28.3. The van der Waals surface area contributed by atoms with Gasteiger partial charge in [-0.05, 0) is 75.6 Å². The van der Waals surface area contributed by atoms with Crippen molar-refractivity contribution in [1.82, 2.24) is 15.0 Å². The summed E-state index contributed by atoms with van der Waals surface area (Å²) in [5.74, 6) is -1.70. The summed E-state index contributed by atoms with van der Waals surface area (Å²) in [6.07, 6.45) is 0. The van der Waals surface area contributed by atoms with Gasteiger partial charge in [0.15, 0.2) is 0 Å². The van der Waals surface area contributed by atoms with Crippen LogP contribution in [0.4, 0.5) is 40.6 Å². The predicted octanol–water partition coefficient (Wildman–Crippen LogP) is 3.32. The number of nitrogen functional groups attached to an aromatic ring is 1. The largest absolute Gasteiger partial charge is 0.507 e. The molecule has 4 aromatic rings. The maximum Gasteiger partial charge on any atom is 0.475 e. The Morgan fingerprint density at radius 1 is 1.03 bits per heavy atom. The number of nitrogens with zero attached hydrogens (tertiary/aromatic N) is 4. The van der Waals surface area contributed by atoms with Crippen LogP contribution in [0.5, 0.6) is 5.75 Å². The molecule has 0 bridgehead atoms. The number of aromatic hydroxyl groups is 1. The number of phenols is 1. The van der Waals surface area contributed by atoms with E-state index < -0.39 is 26.7 Å². The van der Waals surface area contributed by atoms with E-state index >= 15 is 0 Å². The second-order valence-electron chi connectivity index (χ2n) is 8.57. The Hall–Kier alpha value is -4.96. The number of nitro groups is 1. The quantitative estimate of drug-likeness (QED) is 0.0644. The van der Waals surface area contributed by atoms with Crippen LogP contribution in [-0.4, -0.2) is 50.2 Å². The van der Waals surface area contributed by atoms with E-state index in [1.54, 1.807) is 30.3 Å². The van der Waals surface area contributed by atoms with E-state index in [1.807, 2.05) is 26.0 Å². The van der Waals surface area contributed by atoms with Gasteiger partial charge in [0.25, 0.3) is 10.1 Å². The number of rotatable bonds is 10. The second-order valence-corrected chi connectivity index (χ2v) is 10.1. The summed E-state index contributed by atoms with van der Waals surface area (Å²) in [4.78, 5) is 21.8. The lowest BCUT2D eigenvalue weighted by molar-refractivity contribution is -0.394. The minimum Gasteiger partial charge on any atom is -0.507 e. The minimum atomic E-state index is -4.24. The van der Waals surface area contributed by atoms with Gasteiger partial charge in [-0.2, -0.15) is 8.42 Å². The number of fused-ring (bicyclic) bond motifs is 1. The molecular weight excluding hydrogens is 530 g/mol. The van der Waals surface area contributed by atoms with Crippen LogP contribution in [-0.2, 0) is 10.1 Å². The maximum atomic E-state index is 11.2. The molecule has 0 atom stereocenters. The Kier molecular flexibility index (Phi) is 7.50. The molecule has 8 N–H and O–H groups in total. The first-order chi connectivity index (χ1) is 18.4. The van der Waals surface area contributed by atoms with Crippen molar-refractivity contribution in [2.24, 2.45) is 0 Å². The van der Waals surface area contributed by atoms with Crippen molar-refractivity contribution in [2.75, 3.05) is 39.5 Å². The summed E-state index contributed by atoms with van der Waals surface area (Å²) in [6.45, 7) is 3.43. The van der Waals surface area contributed by atoms with Gasteiger partial charge in [0, 0.05) is 12.2 Å². The van der Waals surface area contributed by atoms with Crippen molar-refractivity contribution in [1.29, 1.82) is 0 Å². The van der Waals surface area contributed by atoms with Crippen LogP contribution in [0, 0.1) is 24.0 Å². The van der Waals surface area contributed by atoms with Crippen molar-refractivity contribution in [3.05, 3.63) is 63.7 Å². The molecule has 0 saturated carbocycles. The fourth-order valence-electron chi connectivity index (χ4n) is 3.75. The molecule has 0 radical (unpaired) electrons. The minimum absolute atomic E-state index is 0.0937. The summed E-state index contributed by atoms with van der Waals surface area (Å²) in [5, 5.41) is 28.5. The summed E-state index contributed by atoms with van der Waals surface area (Å²) in [5.41, 5.74) is 16.1. The van der Waals surface area contributed by atoms with Crippen LogP contribution in [0.2, 0.25) is 0 Å². The van der Waals surface area contributed by atoms with E-state index in [4.69, 9.17) is 10.3 Å². The van der Waals surface area contributed by atoms with E-state index in [-0.39, 0.29) is 24.2 Å². The normalized spacial score (nSPS) is 11.3. The van der Waals surface area contributed by atoms with Crippen LogP contribution < -0.4 is 27.2 Å². The van der Waals surface area contributed by atoms with Crippen LogP contribution in [0.3, 0.4) is 0 Å². The van der Waals surface area contributed by atoms with Crippen molar-refractivity contribution in [3.63, 3.8) is 0 Å². The molecule has 3 aromatic carbocycles.